The Morgan fingerprint density at radius 1 is 1.11 bits per heavy atom. The molecule has 3 heteroatoms. The standard InChI is InChI=1S/C15H17FN2/c1-11-7-8-12(10-17)15(9-11)18(2)14-6-4-3-5-13(14)16/h3-9H,10,17H2,1-2H3. The SMILES string of the molecule is Cc1ccc(CN)c(N(C)c2ccccc2F)c1. The lowest BCUT2D eigenvalue weighted by Crippen LogP contribution is -2.14. The number of hydrogen-bond donors (Lipinski definition) is 1. The monoisotopic (exact) mass is 244 g/mol. The second kappa shape index (κ2) is 5.19. The number of benzene rings is 2. The zero-order valence-electron chi connectivity index (χ0n) is 10.7. The van der Waals surface area contributed by atoms with Crippen molar-refractivity contribution >= 4 is 11.4 Å². The van der Waals surface area contributed by atoms with Crippen LogP contribution in [0, 0.1) is 12.7 Å². The van der Waals surface area contributed by atoms with E-state index in [-0.39, 0.29) is 5.82 Å². The van der Waals surface area contributed by atoms with Crippen LogP contribution in [0.3, 0.4) is 0 Å². The van der Waals surface area contributed by atoms with E-state index in [0.29, 0.717) is 12.2 Å². The van der Waals surface area contributed by atoms with Crippen LogP contribution in [0.1, 0.15) is 11.1 Å². The van der Waals surface area contributed by atoms with Gasteiger partial charge in [-0.25, -0.2) is 4.39 Å². The Morgan fingerprint density at radius 3 is 2.50 bits per heavy atom. The fourth-order valence-corrected chi connectivity index (χ4v) is 2.01. The van der Waals surface area contributed by atoms with Crippen molar-refractivity contribution < 1.29 is 4.39 Å². The molecular formula is C15H17FN2. The van der Waals surface area contributed by atoms with Crippen LogP contribution in [0.15, 0.2) is 42.5 Å². The first kappa shape index (κ1) is 12.6. The molecule has 2 nitrogen and oxygen atoms in total. The largest absolute Gasteiger partial charge is 0.342 e. The van der Waals surface area contributed by atoms with E-state index in [1.54, 1.807) is 12.1 Å². The van der Waals surface area contributed by atoms with E-state index >= 15 is 0 Å². The van der Waals surface area contributed by atoms with Crippen LogP contribution in [0.25, 0.3) is 0 Å². The van der Waals surface area contributed by atoms with Crippen LogP contribution in [0.4, 0.5) is 15.8 Å². The molecule has 0 aliphatic rings. The maximum absolute atomic E-state index is 13.8. The average molecular weight is 244 g/mol. The molecule has 0 unspecified atom stereocenters. The lowest BCUT2D eigenvalue weighted by atomic mass is 10.1. The molecule has 0 fully saturated rings. The summed E-state index contributed by atoms with van der Waals surface area (Å²) < 4.78 is 13.8. The van der Waals surface area contributed by atoms with Crippen LogP contribution in [-0.2, 0) is 6.54 Å². The number of anilines is 2. The van der Waals surface area contributed by atoms with Gasteiger partial charge < -0.3 is 10.6 Å². The van der Waals surface area contributed by atoms with Crippen molar-refractivity contribution in [1.82, 2.24) is 0 Å². The fraction of sp³-hybridized carbons (Fsp3) is 0.200. The minimum atomic E-state index is -0.232. The molecule has 0 bridgehead atoms. The van der Waals surface area contributed by atoms with Gasteiger partial charge in [-0.3, -0.25) is 0 Å². The van der Waals surface area contributed by atoms with Crippen LogP contribution < -0.4 is 10.6 Å². The van der Waals surface area contributed by atoms with Gasteiger partial charge in [-0.2, -0.15) is 0 Å². The van der Waals surface area contributed by atoms with E-state index in [2.05, 4.69) is 0 Å². The first-order valence-corrected chi connectivity index (χ1v) is 5.91. The van der Waals surface area contributed by atoms with Gasteiger partial charge in [0.2, 0.25) is 0 Å². The third kappa shape index (κ3) is 2.36. The van der Waals surface area contributed by atoms with Crippen molar-refractivity contribution in [2.45, 2.75) is 13.5 Å². The Kier molecular flexibility index (Phi) is 3.63. The minimum Gasteiger partial charge on any atom is -0.342 e. The van der Waals surface area contributed by atoms with Gasteiger partial charge in [-0.15, -0.1) is 0 Å². The van der Waals surface area contributed by atoms with Gasteiger partial charge in [0, 0.05) is 19.3 Å². The molecule has 94 valence electrons. The summed E-state index contributed by atoms with van der Waals surface area (Å²) >= 11 is 0. The van der Waals surface area contributed by atoms with Gasteiger partial charge in [-0.05, 0) is 36.2 Å². The highest BCUT2D eigenvalue weighted by molar-refractivity contribution is 5.66. The van der Waals surface area contributed by atoms with Gasteiger partial charge in [-0.1, -0.05) is 24.3 Å². The van der Waals surface area contributed by atoms with Gasteiger partial charge in [0.1, 0.15) is 5.82 Å². The summed E-state index contributed by atoms with van der Waals surface area (Å²) in [5, 5.41) is 0. The summed E-state index contributed by atoms with van der Waals surface area (Å²) in [5.74, 6) is -0.232. The van der Waals surface area contributed by atoms with E-state index in [1.165, 1.54) is 6.07 Å². The predicted molar refractivity (Wildman–Crippen MR) is 73.5 cm³/mol. The highest BCUT2D eigenvalue weighted by atomic mass is 19.1. The number of nitrogens with zero attached hydrogens (tertiary/aromatic N) is 1. The predicted octanol–water partition coefficient (Wildman–Crippen LogP) is 3.36. The van der Waals surface area contributed by atoms with E-state index in [9.17, 15) is 4.39 Å². The van der Waals surface area contributed by atoms with Crippen LogP contribution >= 0.6 is 0 Å². The van der Waals surface area contributed by atoms with Crippen molar-refractivity contribution in [2.24, 2.45) is 5.73 Å². The second-order valence-corrected chi connectivity index (χ2v) is 4.35. The summed E-state index contributed by atoms with van der Waals surface area (Å²) in [6, 6.07) is 12.8. The number of para-hydroxylation sites is 1. The van der Waals surface area contributed by atoms with Gasteiger partial charge >= 0.3 is 0 Å². The van der Waals surface area contributed by atoms with Crippen molar-refractivity contribution in [3.8, 4) is 0 Å². The van der Waals surface area contributed by atoms with Crippen LogP contribution in [0.5, 0.6) is 0 Å². The lowest BCUT2D eigenvalue weighted by molar-refractivity contribution is 0.627. The molecule has 18 heavy (non-hydrogen) atoms. The number of hydrogen-bond acceptors (Lipinski definition) is 2. The molecule has 0 aliphatic carbocycles. The molecule has 0 radical (unpaired) electrons. The van der Waals surface area contributed by atoms with E-state index in [0.717, 1.165) is 16.8 Å². The van der Waals surface area contributed by atoms with Gasteiger partial charge in [0.15, 0.2) is 0 Å². The molecule has 0 heterocycles. The van der Waals surface area contributed by atoms with Crippen molar-refractivity contribution in [1.29, 1.82) is 0 Å². The van der Waals surface area contributed by atoms with Crippen LogP contribution in [-0.4, -0.2) is 7.05 Å². The average Bonchev–Trinajstić information content (AvgIpc) is 2.38. The zero-order valence-corrected chi connectivity index (χ0v) is 10.7. The van der Waals surface area contributed by atoms with Crippen molar-refractivity contribution in [3.63, 3.8) is 0 Å². The molecular weight excluding hydrogens is 227 g/mol. The first-order chi connectivity index (χ1) is 8.63. The Bertz CT molecular complexity index is 552. The zero-order chi connectivity index (χ0) is 13.1. The van der Waals surface area contributed by atoms with Crippen LogP contribution in [0.2, 0.25) is 0 Å². The van der Waals surface area contributed by atoms with E-state index in [1.807, 2.05) is 43.1 Å². The topological polar surface area (TPSA) is 29.3 Å². The molecule has 0 atom stereocenters. The normalized spacial score (nSPS) is 10.4. The molecule has 2 aromatic carbocycles. The molecule has 2 rings (SSSR count). The molecule has 0 aliphatic heterocycles. The number of aryl methyl sites for hydroxylation is 1. The number of nitrogens with two attached hydrogens (primary N) is 1. The maximum Gasteiger partial charge on any atom is 0.146 e. The molecule has 2 aromatic rings. The smallest absolute Gasteiger partial charge is 0.146 e. The summed E-state index contributed by atoms with van der Waals surface area (Å²) in [6.07, 6.45) is 0. The highest BCUT2D eigenvalue weighted by Gasteiger charge is 2.12. The van der Waals surface area contributed by atoms with E-state index < -0.39 is 0 Å². The highest BCUT2D eigenvalue weighted by Crippen LogP contribution is 2.29. The molecule has 0 amide bonds. The lowest BCUT2D eigenvalue weighted by Gasteiger charge is -2.23. The van der Waals surface area contributed by atoms with Crippen molar-refractivity contribution in [3.05, 3.63) is 59.4 Å². The van der Waals surface area contributed by atoms with Crippen molar-refractivity contribution in [2.75, 3.05) is 11.9 Å². The van der Waals surface area contributed by atoms with E-state index in [4.69, 9.17) is 5.73 Å². The Morgan fingerprint density at radius 2 is 1.83 bits per heavy atom. The summed E-state index contributed by atoms with van der Waals surface area (Å²) in [6.45, 7) is 2.45. The molecule has 0 spiro atoms. The summed E-state index contributed by atoms with van der Waals surface area (Å²) in [5.41, 5.74) is 9.37. The van der Waals surface area contributed by atoms with Gasteiger partial charge in [0.25, 0.3) is 0 Å². The number of halogens is 1. The molecule has 2 N–H and O–H groups in total. The number of rotatable bonds is 3. The molecule has 0 saturated heterocycles. The summed E-state index contributed by atoms with van der Waals surface area (Å²) in [4.78, 5) is 1.84. The van der Waals surface area contributed by atoms with Gasteiger partial charge in [0.05, 0.1) is 5.69 Å². The molecule has 0 aromatic heterocycles. The fourth-order valence-electron chi connectivity index (χ4n) is 2.01. The minimum absolute atomic E-state index is 0.232. The summed E-state index contributed by atoms with van der Waals surface area (Å²) in [7, 11) is 1.85. The quantitative estimate of drug-likeness (QED) is 0.897. The Balaban J connectivity index is 2.48. The first-order valence-electron chi connectivity index (χ1n) is 5.91. The maximum atomic E-state index is 13.8. The third-order valence-electron chi connectivity index (χ3n) is 3.04. The Labute approximate surface area is 107 Å². The Hall–Kier alpha value is -1.87. The second-order valence-electron chi connectivity index (χ2n) is 4.35. The third-order valence-corrected chi connectivity index (χ3v) is 3.04. The molecule has 0 saturated carbocycles.